The second-order valence-electron chi connectivity index (χ2n) is 22.7. The molecule has 0 spiro atoms. The van der Waals surface area contributed by atoms with Gasteiger partial charge in [-0.05, 0) is 83.5 Å². The molecule has 0 saturated carbocycles. The maximum atomic E-state index is 12.9. The Labute approximate surface area is 479 Å². The number of carbonyl (C=O) groups is 3. The Morgan fingerprint density at radius 1 is 0.273 bits per heavy atom. The Morgan fingerprint density at radius 2 is 0.506 bits per heavy atom. The Balaban J connectivity index is 4.27. The van der Waals surface area contributed by atoms with Gasteiger partial charge in [-0.2, -0.15) is 0 Å². The minimum atomic E-state index is -0.786. The molecule has 1 unspecified atom stereocenters. The highest BCUT2D eigenvalue weighted by molar-refractivity contribution is 5.71. The molecule has 0 aromatic heterocycles. The molecule has 0 amide bonds. The lowest BCUT2D eigenvalue weighted by atomic mass is 10.0. The highest BCUT2D eigenvalue weighted by atomic mass is 16.6. The minimum Gasteiger partial charge on any atom is -0.462 e. The standard InChI is InChI=1S/C71H128O6/c1-4-7-10-13-16-19-22-25-28-30-31-32-33-34-35-36-37-38-39-41-43-46-49-52-55-58-61-64-70(73)76-67-68(66-75-69(72)63-60-57-54-51-48-45-42-27-24-21-18-15-12-9-6-3)77-71(74)65-62-59-56-53-50-47-44-40-29-26-23-20-17-14-11-8-5-2/h8,11,17,20,26,29-31,44,47,68H,4-7,9-10,12-16,18-19,21-25,27-28,32-43,45-46,48-67H2,1-3H3/b11-8-,20-17-,29-26-,31-30-,47-44-. The van der Waals surface area contributed by atoms with Gasteiger partial charge in [-0.3, -0.25) is 14.4 Å². The first-order valence-electron chi connectivity index (χ1n) is 33.8. The van der Waals surface area contributed by atoms with Crippen molar-refractivity contribution >= 4 is 17.9 Å². The highest BCUT2D eigenvalue weighted by Gasteiger charge is 2.19. The first kappa shape index (κ1) is 74.1. The first-order chi connectivity index (χ1) is 38.0. The van der Waals surface area contributed by atoms with Crippen LogP contribution in [0.5, 0.6) is 0 Å². The van der Waals surface area contributed by atoms with Crippen molar-refractivity contribution in [2.24, 2.45) is 0 Å². The summed E-state index contributed by atoms with van der Waals surface area (Å²) >= 11 is 0. The van der Waals surface area contributed by atoms with E-state index in [-0.39, 0.29) is 31.1 Å². The van der Waals surface area contributed by atoms with Gasteiger partial charge in [0.2, 0.25) is 0 Å². The van der Waals surface area contributed by atoms with Crippen molar-refractivity contribution < 1.29 is 28.6 Å². The zero-order valence-corrected chi connectivity index (χ0v) is 51.5. The van der Waals surface area contributed by atoms with Crippen LogP contribution in [0.15, 0.2) is 60.8 Å². The molecular formula is C71H128O6. The Hall–Kier alpha value is -2.89. The first-order valence-corrected chi connectivity index (χ1v) is 33.8. The molecule has 0 bridgehead atoms. The molecule has 0 N–H and O–H groups in total. The molecule has 0 radical (unpaired) electrons. The van der Waals surface area contributed by atoms with Gasteiger partial charge in [0.25, 0.3) is 0 Å². The Morgan fingerprint density at radius 3 is 0.805 bits per heavy atom. The molecule has 0 aliphatic heterocycles. The van der Waals surface area contributed by atoms with Crippen LogP contribution in [-0.4, -0.2) is 37.2 Å². The molecule has 0 aromatic rings. The van der Waals surface area contributed by atoms with E-state index < -0.39 is 6.10 Å². The molecule has 0 aromatic carbocycles. The van der Waals surface area contributed by atoms with E-state index in [1.165, 1.54) is 218 Å². The van der Waals surface area contributed by atoms with Gasteiger partial charge in [0.05, 0.1) is 0 Å². The van der Waals surface area contributed by atoms with Crippen molar-refractivity contribution in [3.8, 4) is 0 Å². The second-order valence-corrected chi connectivity index (χ2v) is 22.7. The minimum absolute atomic E-state index is 0.0802. The summed E-state index contributed by atoms with van der Waals surface area (Å²) in [5.41, 5.74) is 0. The van der Waals surface area contributed by atoms with E-state index in [0.29, 0.717) is 19.3 Å². The molecule has 0 rings (SSSR count). The van der Waals surface area contributed by atoms with Gasteiger partial charge in [-0.25, -0.2) is 0 Å². The van der Waals surface area contributed by atoms with Crippen molar-refractivity contribution in [1.82, 2.24) is 0 Å². The number of esters is 3. The van der Waals surface area contributed by atoms with Crippen molar-refractivity contribution in [3.63, 3.8) is 0 Å². The normalized spacial score (nSPS) is 12.4. The van der Waals surface area contributed by atoms with Gasteiger partial charge in [-0.15, -0.1) is 0 Å². The van der Waals surface area contributed by atoms with Gasteiger partial charge in [0.1, 0.15) is 13.2 Å². The van der Waals surface area contributed by atoms with Gasteiger partial charge < -0.3 is 14.2 Å². The monoisotopic (exact) mass is 1080 g/mol. The van der Waals surface area contributed by atoms with E-state index in [0.717, 1.165) is 96.3 Å². The molecule has 1 atom stereocenters. The number of unbranched alkanes of at least 4 members (excludes halogenated alkanes) is 41. The number of rotatable bonds is 62. The average molecular weight is 1080 g/mol. The smallest absolute Gasteiger partial charge is 0.306 e. The van der Waals surface area contributed by atoms with Crippen LogP contribution >= 0.6 is 0 Å². The molecular weight excluding hydrogens is 949 g/mol. The largest absolute Gasteiger partial charge is 0.462 e. The van der Waals surface area contributed by atoms with Crippen LogP contribution < -0.4 is 0 Å². The zero-order valence-electron chi connectivity index (χ0n) is 51.5. The summed E-state index contributed by atoms with van der Waals surface area (Å²) in [6, 6.07) is 0. The van der Waals surface area contributed by atoms with Crippen molar-refractivity contribution in [1.29, 1.82) is 0 Å². The van der Waals surface area contributed by atoms with Gasteiger partial charge in [0, 0.05) is 19.3 Å². The predicted molar refractivity (Wildman–Crippen MR) is 335 cm³/mol. The summed E-state index contributed by atoms with van der Waals surface area (Å²) in [6.07, 6.45) is 83.9. The van der Waals surface area contributed by atoms with E-state index in [4.69, 9.17) is 14.2 Å². The number of hydrogen-bond acceptors (Lipinski definition) is 6. The highest BCUT2D eigenvalue weighted by Crippen LogP contribution is 2.18. The molecule has 0 saturated heterocycles. The van der Waals surface area contributed by atoms with Gasteiger partial charge >= 0.3 is 17.9 Å². The number of carbonyl (C=O) groups excluding carboxylic acids is 3. The van der Waals surface area contributed by atoms with Crippen LogP contribution in [0.1, 0.15) is 355 Å². The van der Waals surface area contributed by atoms with Crippen molar-refractivity contribution in [2.75, 3.05) is 13.2 Å². The number of hydrogen-bond donors (Lipinski definition) is 0. The molecule has 6 heteroatoms. The molecule has 0 aliphatic rings. The van der Waals surface area contributed by atoms with Crippen LogP contribution in [0, 0.1) is 0 Å². The quantitative estimate of drug-likeness (QED) is 0.0261. The third-order valence-electron chi connectivity index (χ3n) is 15.0. The van der Waals surface area contributed by atoms with E-state index in [1.807, 2.05) is 0 Å². The second kappa shape index (κ2) is 65.6. The SMILES string of the molecule is CC/C=C\C/C=C\C/C=C\C/C=C\CCCCCCC(=O)OC(COC(=O)CCCCCCCCCCCCCCCCC)COC(=O)CCCCCCCCCCCCCCCCC/C=C\CCCCCCCCCC. The lowest BCUT2D eigenvalue weighted by molar-refractivity contribution is -0.167. The summed E-state index contributed by atoms with van der Waals surface area (Å²) in [7, 11) is 0. The Bertz CT molecular complexity index is 1380. The van der Waals surface area contributed by atoms with E-state index in [9.17, 15) is 14.4 Å². The maximum Gasteiger partial charge on any atom is 0.306 e. The summed E-state index contributed by atoms with van der Waals surface area (Å²) in [4.78, 5) is 38.4. The lowest BCUT2D eigenvalue weighted by Crippen LogP contribution is -2.30. The topological polar surface area (TPSA) is 78.9 Å². The van der Waals surface area contributed by atoms with Crippen molar-refractivity contribution in [2.45, 2.75) is 361 Å². The number of allylic oxidation sites excluding steroid dienone is 10. The van der Waals surface area contributed by atoms with Crippen LogP contribution in [0.4, 0.5) is 0 Å². The summed E-state index contributed by atoms with van der Waals surface area (Å²) in [5.74, 6) is -0.883. The Kier molecular flexibility index (Phi) is 63.2. The molecule has 0 fully saturated rings. The summed E-state index contributed by atoms with van der Waals surface area (Å²) in [5, 5.41) is 0. The van der Waals surface area contributed by atoms with E-state index >= 15 is 0 Å². The average Bonchev–Trinajstić information content (AvgIpc) is 3.43. The van der Waals surface area contributed by atoms with Crippen LogP contribution in [0.25, 0.3) is 0 Å². The lowest BCUT2D eigenvalue weighted by Gasteiger charge is -2.18. The fourth-order valence-corrected chi connectivity index (χ4v) is 9.96. The van der Waals surface area contributed by atoms with Crippen LogP contribution in [0.3, 0.4) is 0 Å². The molecule has 0 heterocycles. The molecule has 448 valence electrons. The van der Waals surface area contributed by atoms with Gasteiger partial charge in [-0.1, -0.05) is 313 Å². The summed E-state index contributed by atoms with van der Waals surface area (Å²) in [6.45, 7) is 6.56. The van der Waals surface area contributed by atoms with Crippen LogP contribution in [-0.2, 0) is 28.6 Å². The van der Waals surface area contributed by atoms with Crippen LogP contribution in [0.2, 0.25) is 0 Å². The summed E-state index contributed by atoms with van der Waals surface area (Å²) < 4.78 is 16.9. The van der Waals surface area contributed by atoms with E-state index in [1.54, 1.807) is 0 Å². The van der Waals surface area contributed by atoms with Crippen molar-refractivity contribution in [3.05, 3.63) is 60.8 Å². The number of ether oxygens (including phenoxy) is 3. The van der Waals surface area contributed by atoms with E-state index in [2.05, 4.69) is 81.5 Å². The molecule has 0 aliphatic carbocycles. The molecule has 77 heavy (non-hydrogen) atoms. The fraction of sp³-hybridized carbons (Fsp3) is 0.817. The zero-order chi connectivity index (χ0) is 55.7. The molecule has 6 nitrogen and oxygen atoms in total. The fourth-order valence-electron chi connectivity index (χ4n) is 9.96. The maximum absolute atomic E-state index is 12.9. The van der Waals surface area contributed by atoms with Gasteiger partial charge in [0.15, 0.2) is 6.10 Å². The third-order valence-corrected chi connectivity index (χ3v) is 15.0. The third kappa shape index (κ3) is 63.8. The predicted octanol–water partition coefficient (Wildman–Crippen LogP) is 23.1.